The highest BCUT2D eigenvalue weighted by Crippen LogP contribution is 2.25. The quantitative estimate of drug-likeness (QED) is 0.654. The normalized spacial score (nSPS) is 15.3. The van der Waals surface area contributed by atoms with Gasteiger partial charge in [0.25, 0.3) is 11.5 Å². The molecule has 0 unspecified atom stereocenters. The third-order valence-electron chi connectivity index (χ3n) is 6.22. The molecule has 2 aliphatic heterocycles. The number of carbonyl (C=O) groups excluding carboxylic acids is 1. The second-order valence-electron chi connectivity index (χ2n) is 8.23. The lowest BCUT2D eigenvalue weighted by atomic mass is 10.1. The zero-order valence-corrected chi connectivity index (χ0v) is 18.1. The zero-order chi connectivity index (χ0) is 22.8. The van der Waals surface area contributed by atoms with Gasteiger partial charge in [-0.25, -0.2) is 10.1 Å². The second kappa shape index (κ2) is 8.74. The summed E-state index contributed by atoms with van der Waals surface area (Å²) in [5.74, 6) is 0.839. The molecule has 9 heteroatoms. The molecule has 0 aliphatic carbocycles. The van der Waals surface area contributed by atoms with E-state index in [9.17, 15) is 9.59 Å². The first-order valence-electron chi connectivity index (χ1n) is 10.9. The number of H-pyrrole nitrogens is 1. The van der Waals surface area contributed by atoms with E-state index in [1.807, 2.05) is 35.2 Å². The first-order chi connectivity index (χ1) is 16.1. The molecule has 0 spiro atoms. The van der Waals surface area contributed by atoms with Gasteiger partial charge in [0, 0.05) is 56.6 Å². The van der Waals surface area contributed by atoms with E-state index in [1.165, 1.54) is 0 Å². The molecule has 1 amide bonds. The number of nitrogens with one attached hydrogen (secondary N) is 1. The average molecular weight is 441 g/mol. The topological polar surface area (TPSA) is 109 Å². The summed E-state index contributed by atoms with van der Waals surface area (Å²) in [4.78, 5) is 35.6. The number of piperazine rings is 1. The Hall–Kier alpha value is -4.19. The fourth-order valence-electron chi connectivity index (χ4n) is 4.44. The minimum atomic E-state index is -0.130. The number of amides is 1. The molecule has 1 fully saturated rings. The van der Waals surface area contributed by atoms with Gasteiger partial charge in [-0.05, 0) is 36.2 Å². The molecule has 0 bridgehead atoms. The van der Waals surface area contributed by atoms with Gasteiger partial charge in [-0.1, -0.05) is 12.1 Å². The smallest absolute Gasteiger partial charge is 0.269 e. The third-order valence-corrected chi connectivity index (χ3v) is 6.22. The van der Waals surface area contributed by atoms with Crippen molar-refractivity contribution in [3.63, 3.8) is 0 Å². The van der Waals surface area contributed by atoms with Gasteiger partial charge in [-0.15, -0.1) is 0 Å². The summed E-state index contributed by atoms with van der Waals surface area (Å²) in [5, 5.41) is 15.4. The van der Waals surface area contributed by atoms with Crippen LogP contribution in [0, 0.1) is 11.3 Å². The molecule has 2 aromatic heterocycles. The maximum absolute atomic E-state index is 13.1. The minimum absolute atomic E-state index is 0.0178. The SMILES string of the molecule is N#Cc1ccc(N2CCN(C(=O)c3cccc(CN4CCc5c4cn[nH]c5=O)c3)CC2)nc1. The van der Waals surface area contributed by atoms with Gasteiger partial charge in [0.2, 0.25) is 0 Å². The third kappa shape index (κ3) is 4.15. The van der Waals surface area contributed by atoms with Crippen molar-refractivity contribution in [1.82, 2.24) is 20.1 Å². The molecule has 0 atom stereocenters. The average Bonchev–Trinajstić information content (AvgIpc) is 3.28. The predicted molar refractivity (Wildman–Crippen MR) is 123 cm³/mol. The summed E-state index contributed by atoms with van der Waals surface area (Å²) >= 11 is 0. The highest BCUT2D eigenvalue weighted by molar-refractivity contribution is 5.94. The van der Waals surface area contributed by atoms with Gasteiger partial charge in [-0.2, -0.15) is 10.4 Å². The summed E-state index contributed by atoms with van der Waals surface area (Å²) in [6.07, 6.45) is 3.97. The molecule has 166 valence electrons. The number of nitrogens with zero attached hydrogens (tertiary/aromatic N) is 6. The number of benzene rings is 1. The maximum atomic E-state index is 13.1. The van der Waals surface area contributed by atoms with Crippen molar-refractivity contribution in [2.75, 3.05) is 42.5 Å². The van der Waals surface area contributed by atoms with Crippen molar-refractivity contribution in [3.05, 3.63) is 81.4 Å². The van der Waals surface area contributed by atoms with Gasteiger partial charge >= 0.3 is 0 Å². The van der Waals surface area contributed by atoms with Crippen LogP contribution in [0.1, 0.15) is 27.0 Å². The van der Waals surface area contributed by atoms with E-state index in [1.54, 1.807) is 18.5 Å². The molecule has 33 heavy (non-hydrogen) atoms. The molecule has 9 nitrogen and oxygen atoms in total. The van der Waals surface area contributed by atoms with Crippen LogP contribution in [0.5, 0.6) is 0 Å². The van der Waals surface area contributed by atoms with E-state index in [4.69, 9.17) is 5.26 Å². The zero-order valence-electron chi connectivity index (χ0n) is 18.1. The fraction of sp³-hybridized carbons (Fsp3) is 0.292. The van der Waals surface area contributed by atoms with Crippen molar-refractivity contribution >= 4 is 17.4 Å². The van der Waals surface area contributed by atoms with Crippen molar-refractivity contribution in [3.8, 4) is 6.07 Å². The molecule has 1 aromatic carbocycles. The van der Waals surface area contributed by atoms with Crippen LogP contribution in [0.4, 0.5) is 11.5 Å². The van der Waals surface area contributed by atoms with Crippen LogP contribution in [0.3, 0.4) is 0 Å². The highest BCUT2D eigenvalue weighted by Gasteiger charge is 2.25. The Kier molecular flexibility index (Phi) is 5.48. The van der Waals surface area contributed by atoms with E-state index >= 15 is 0 Å². The summed E-state index contributed by atoms with van der Waals surface area (Å²) in [7, 11) is 0. The van der Waals surface area contributed by atoms with Crippen molar-refractivity contribution in [1.29, 1.82) is 5.26 Å². The van der Waals surface area contributed by atoms with E-state index in [-0.39, 0.29) is 11.5 Å². The number of aromatic nitrogens is 3. The monoisotopic (exact) mass is 441 g/mol. The number of rotatable bonds is 4. The Labute approximate surface area is 190 Å². The molecular formula is C24H23N7O2. The Bertz CT molecular complexity index is 1270. The van der Waals surface area contributed by atoms with Gasteiger partial charge in [0.15, 0.2) is 0 Å². The number of hydrogen-bond acceptors (Lipinski definition) is 7. The number of hydrogen-bond donors (Lipinski definition) is 1. The van der Waals surface area contributed by atoms with Crippen LogP contribution in [0.25, 0.3) is 0 Å². The van der Waals surface area contributed by atoms with E-state index < -0.39 is 0 Å². The number of carbonyl (C=O) groups is 1. The summed E-state index contributed by atoms with van der Waals surface area (Å²) in [6.45, 7) is 3.98. The van der Waals surface area contributed by atoms with Crippen LogP contribution in [-0.4, -0.2) is 58.7 Å². The number of pyridine rings is 1. The molecule has 0 saturated carbocycles. The Morgan fingerprint density at radius 3 is 2.70 bits per heavy atom. The van der Waals surface area contributed by atoms with Gasteiger partial charge in [-0.3, -0.25) is 9.59 Å². The van der Waals surface area contributed by atoms with Gasteiger partial charge in [0.05, 0.1) is 17.4 Å². The van der Waals surface area contributed by atoms with Crippen LogP contribution in [0.2, 0.25) is 0 Å². The molecule has 1 saturated heterocycles. The summed E-state index contributed by atoms with van der Waals surface area (Å²) in [6, 6.07) is 13.4. The number of anilines is 2. The number of fused-ring (bicyclic) bond motifs is 1. The molecule has 5 rings (SSSR count). The first-order valence-corrected chi connectivity index (χ1v) is 10.9. The predicted octanol–water partition coefficient (Wildman–Crippen LogP) is 1.56. The molecule has 2 aliphatic rings. The van der Waals surface area contributed by atoms with Crippen LogP contribution < -0.4 is 15.4 Å². The standard InChI is InChI=1S/C24H23N7O2/c25-13-18-4-5-22(26-14-18)29-8-10-30(11-9-29)24(33)19-3-1-2-17(12-19)16-31-7-6-20-21(31)15-27-28-23(20)32/h1-5,12,14-15H,6-11,16H2,(H,28,32). The molecular weight excluding hydrogens is 418 g/mol. The number of aromatic amines is 1. The van der Waals surface area contributed by atoms with Crippen molar-refractivity contribution in [2.24, 2.45) is 0 Å². The lowest BCUT2D eigenvalue weighted by molar-refractivity contribution is 0.0746. The summed E-state index contributed by atoms with van der Waals surface area (Å²) < 4.78 is 0. The number of nitriles is 1. The van der Waals surface area contributed by atoms with E-state index in [0.29, 0.717) is 50.3 Å². The fourth-order valence-corrected chi connectivity index (χ4v) is 4.44. The van der Waals surface area contributed by atoms with Crippen molar-refractivity contribution < 1.29 is 4.79 Å². The lowest BCUT2D eigenvalue weighted by Gasteiger charge is -2.35. The molecule has 1 N–H and O–H groups in total. The van der Waals surface area contributed by atoms with Crippen molar-refractivity contribution in [2.45, 2.75) is 13.0 Å². The maximum Gasteiger partial charge on any atom is 0.269 e. The van der Waals surface area contributed by atoms with Crippen LogP contribution >= 0.6 is 0 Å². The highest BCUT2D eigenvalue weighted by atomic mass is 16.2. The van der Waals surface area contributed by atoms with E-state index in [0.717, 1.165) is 29.2 Å². The second-order valence-corrected chi connectivity index (χ2v) is 8.23. The molecule has 4 heterocycles. The summed E-state index contributed by atoms with van der Waals surface area (Å²) in [5.41, 5.74) is 3.73. The Balaban J connectivity index is 1.23. The lowest BCUT2D eigenvalue weighted by Crippen LogP contribution is -2.49. The minimum Gasteiger partial charge on any atom is -0.365 e. The Morgan fingerprint density at radius 1 is 1.09 bits per heavy atom. The largest absolute Gasteiger partial charge is 0.365 e. The van der Waals surface area contributed by atoms with Crippen LogP contribution in [-0.2, 0) is 13.0 Å². The molecule has 3 aromatic rings. The first kappa shape index (κ1) is 20.7. The van der Waals surface area contributed by atoms with E-state index in [2.05, 4.69) is 31.1 Å². The van der Waals surface area contributed by atoms with Gasteiger partial charge < -0.3 is 14.7 Å². The Morgan fingerprint density at radius 2 is 1.94 bits per heavy atom. The molecule has 0 radical (unpaired) electrons. The van der Waals surface area contributed by atoms with Crippen LogP contribution in [0.15, 0.2) is 53.6 Å². The van der Waals surface area contributed by atoms with Gasteiger partial charge in [0.1, 0.15) is 11.9 Å².